The fourth-order valence-electron chi connectivity index (χ4n) is 3.03. The van der Waals surface area contributed by atoms with Crippen LogP contribution in [0.15, 0.2) is 0 Å². The highest BCUT2D eigenvalue weighted by Gasteiger charge is 2.34. The van der Waals surface area contributed by atoms with Gasteiger partial charge in [0, 0.05) is 31.5 Å². The Morgan fingerprint density at radius 1 is 1.06 bits per heavy atom. The molecular weight excluding hydrogens is 234 g/mol. The molecule has 1 heterocycles. The fourth-order valence-corrected chi connectivity index (χ4v) is 3.03. The topological polar surface area (TPSA) is 77.8 Å². The maximum atomic E-state index is 12.2. The summed E-state index contributed by atoms with van der Waals surface area (Å²) < 4.78 is 0. The molecule has 0 aromatic rings. The van der Waals surface area contributed by atoms with E-state index in [0.717, 1.165) is 13.0 Å². The molecule has 1 saturated carbocycles. The van der Waals surface area contributed by atoms with Gasteiger partial charge in [0.05, 0.1) is 5.92 Å². The summed E-state index contributed by atoms with van der Waals surface area (Å²) in [5.74, 6) is -0.614. The molecule has 1 aliphatic carbocycles. The van der Waals surface area contributed by atoms with Gasteiger partial charge in [-0.2, -0.15) is 0 Å². The van der Waals surface area contributed by atoms with Gasteiger partial charge in [-0.25, -0.2) is 0 Å². The van der Waals surface area contributed by atoms with Gasteiger partial charge in [0.25, 0.3) is 0 Å². The molecule has 1 unspecified atom stereocenters. The van der Waals surface area contributed by atoms with E-state index in [0.29, 0.717) is 32.2 Å². The van der Waals surface area contributed by atoms with Gasteiger partial charge in [-0.15, -0.1) is 0 Å². The first kappa shape index (κ1) is 13.3. The first-order valence-electron chi connectivity index (χ1n) is 6.74. The zero-order chi connectivity index (χ0) is 13.1. The van der Waals surface area contributed by atoms with E-state index in [9.17, 15) is 9.59 Å². The Morgan fingerprint density at radius 3 is 2.17 bits per heavy atom. The quantitative estimate of drug-likeness (QED) is 0.779. The van der Waals surface area contributed by atoms with Gasteiger partial charge in [-0.1, -0.05) is 0 Å². The van der Waals surface area contributed by atoms with Crippen LogP contribution in [0, 0.1) is 17.8 Å². The summed E-state index contributed by atoms with van der Waals surface area (Å²) >= 11 is 0. The average molecular weight is 255 g/mol. The third-order valence-corrected chi connectivity index (χ3v) is 4.28. The lowest BCUT2D eigenvalue weighted by atomic mass is 9.81. The van der Waals surface area contributed by atoms with Crippen LogP contribution in [0.3, 0.4) is 0 Å². The van der Waals surface area contributed by atoms with Crippen molar-refractivity contribution in [3.05, 3.63) is 0 Å². The Balaban J connectivity index is 1.83. The van der Waals surface area contributed by atoms with Gasteiger partial charge >= 0.3 is 5.97 Å². The number of hydrogen-bond donors (Lipinski definition) is 2. The van der Waals surface area contributed by atoms with Crippen molar-refractivity contribution in [3.8, 4) is 0 Å². The van der Waals surface area contributed by atoms with E-state index in [4.69, 9.17) is 10.2 Å². The lowest BCUT2D eigenvalue weighted by Crippen LogP contribution is -2.37. The van der Waals surface area contributed by atoms with Crippen LogP contribution in [-0.4, -0.2) is 46.7 Å². The van der Waals surface area contributed by atoms with Gasteiger partial charge in [0.2, 0.25) is 5.91 Å². The lowest BCUT2D eigenvalue weighted by molar-refractivity contribution is -0.145. The molecule has 1 atom stereocenters. The number of aliphatic hydroxyl groups is 1. The van der Waals surface area contributed by atoms with Crippen molar-refractivity contribution >= 4 is 11.9 Å². The molecule has 0 spiro atoms. The van der Waals surface area contributed by atoms with Crippen LogP contribution in [-0.2, 0) is 9.59 Å². The van der Waals surface area contributed by atoms with Crippen LogP contribution in [0.5, 0.6) is 0 Å². The summed E-state index contributed by atoms with van der Waals surface area (Å²) in [6, 6.07) is 0. The van der Waals surface area contributed by atoms with Gasteiger partial charge in [-0.3, -0.25) is 9.59 Å². The van der Waals surface area contributed by atoms with Crippen LogP contribution >= 0.6 is 0 Å². The normalized spacial score (nSPS) is 32.5. The zero-order valence-corrected chi connectivity index (χ0v) is 10.5. The highest BCUT2D eigenvalue weighted by molar-refractivity contribution is 5.79. The molecule has 2 aliphatic rings. The van der Waals surface area contributed by atoms with Crippen LogP contribution in [0.2, 0.25) is 0 Å². The molecule has 102 valence electrons. The minimum Gasteiger partial charge on any atom is -0.481 e. The van der Waals surface area contributed by atoms with Gasteiger partial charge in [0.15, 0.2) is 0 Å². The highest BCUT2D eigenvalue weighted by Crippen LogP contribution is 2.31. The molecule has 18 heavy (non-hydrogen) atoms. The number of likely N-dealkylation sites (tertiary alicyclic amines) is 1. The summed E-state index contributed by atoms with van der Waals surface area (Å²) in [4.78, 5) is 24.9. The Morgan fingerprint density at radius 2 is 1.67 bits per heavy atom. The van der Waals surface area contributed by atoms with Gasteiger partial charge < -0.3 is 15.1 Å². The predicted molar refractivity (Wildman–Crippen MR) is 64.9 cm³/mol. The second-order valence-electron chi connectivity index (χ2n) is 5.51. The molecule has 0 radical (unpaired) electrons. The van der Waals surface area contributed by atoms with E-state index in [1.54, 1.807) is 0 Å². The number of hydrogen-bond acceptors (Lipinski definition) is 3. The van der Waals surface area contributed by atoms with E-state index in [2.05, 4.69) is 0 Å². The van der Waals surface area contributed by atoms with Crippen molar-refractivity contribution in [1.29, 1.82) is 0 Å². The Bertz CT molecular complexity index is 323. The van der Waals surface area contributed by atoms with Crippen molar-refractivity contribution in [2.45, 2.75) is 32.1 Å². The number of amides is 1. The largest absolute Gasteiger partial charge is 0.481 e. The summed E-state index contributed by atoms with van der Waals surface area (Å²) in [5, 5.41) is 18.0. The number of aliphatic carboxylic acids is 1. The third kappa shape index (κ3) is 2.83. The van der Waals surface area contributed by atoms with E-state index in [1.807, 2.05) is 4.90 Å². The van der Waals surface area contributed by atoms with Crippen molar-refractivity contribution < 1.29 is 19.8 Å². The number of carbonyl (C=O) groups excluding carboxylic acids is 1. The van der Waals surface area contributed by atoms with Crippen LogP contribution in [0.4, 0.5) is 0 Å². The highest BCUT2D eigenvalue weighted by atomic mass is 16.4. The zero-order valence-electron chi connectivity index (χ0n) is 10.5. The van der Waals surface area contributed by atoms with Crippen molar-refractivity contribution in [2.75, 3.05) is 19.7 Å². The maximum Gasteiger partial charge on any atom is 0.306 e. The molecule has 1 amide bonds. The Kier molecular flexibility index (Phi) is 4.22. The molecule has 5 nitrogen and oxygen atoms in total. The molecule has 0 bridgehead atoms. The van der Waals surface area contributed by atoms with E-state index in [1.165, 1.54) is 0 Å². The number of carboxylic acids is 1. The fraction of sp³-hybridized carbons (Fsp3) is 0.846. The summed E-state index contributed by atoms with van der Waals surface area (Å²) in [6.07, 6.45) is 3.49. The summed E-state index contributed by atoms with van der Waals surface area (Å²) in [5.41, 5.74) is 0. The van der Waals surface area contributed by atoms with E-state index < -0.39 is 5.97 Å². The molecule has 0 aromatic carbocycles. The Labute approximate surface area is 107 Å². The predicted octanol–water partition coefficient (Wildman–Crippen LogP) is 0.718. The standard InChI is InChI=1S/C13H21NO4/c15-8-9-5-6-14(7-9)12(16)10-1-3-11(4-2-10)13(17)18/h9-11,15H,1-8H2,(H,17,18). The molecule has 5 heteroatoms. The van der Waals surface area contributed by atoms with Crippen LogP contribution in [0.1, 0.15) is 32.1 Å². The smallest absolute Gasteiger partial charge is 0.306 e. The molecule has 2 rings (SSSR count). The SMILES string of the molecule is O=C(O)C1CCC(C(=O)N2CCC(CO)C2)CC1. The second-order valence-corrected chi connectivity index (χ2v) is 5.51. The van der Waals surface area contributed by atoms with E-state index >= 15 is 0 Å². The van der Waals surface area contributed by atoms with Crippen LogP contribution < -0.4 is 0 Å². The second kappa shape index (κ2) is 5.69. The molecular formula is C13H21NO4. The first-order chi connectivity index (χ1) is 8.61. The number of carboxylic acid groups (broad SMARTS) is 1. The van der Waals surface area contributed by atoms with Crippen molar-refractivity contribution in [2.24, 2.45) is 17.8 Å². The molecule has 1 saturated heterocycles. The minimum absolute atomic E-state index is 0.00181. The molecule has 0 aromatic heterocycles. The maximum absolute atomic E-state index is 12.2. The van der Waals surface area contributed by atoms with Crippen molar-refractivity contribution in [1.82, 2.24) is 4.90 Å². The van der Waals surface area contributed by atoms with Crippen molar-refractivity contribution in [3.63, 3.8) is 0 Å². The summed E-state index contributed by atoms with van der Waals surface area (Å²) in [6.45, 7) is 1.55. The van der Waals surface area contributed by atoms with Crippen LogP contribution in [0.25, 0.3) is 0 Å². The summed E-state index contributed by atoms with van der Waals surface area (Å²) in [7, 11) is 0. The third-order valence-electron chi connectivity index (χ3n) is 4.28. The first-order valence-corrected chi connectivity index (χ1v) is 6.74. The lowest BCUT2D eigenvalue weighted by Gasteiger charge is -2.28. The average Bonchev–Trinajstić information content (AvgIpc) is 2.86. The van der Waals surface area contributed by atoms with Gasteiger partial charge in [-0.05, 0) is 32.1 Å². The van der Waals surface area contributed by atoms with E-state index in [-0.39, 0.29) is 30.3 Å². The number of nitrogens with zero attached hydrogens (tertiary/aromatic N) is 1. The van der Waals surface area contributed by atoms with Gasteiger partial charge in [0.1, 0.15) is 0 Å². The molecule has 2 fully saturated rings. The minimum atomic E-state index is -0.734. The number of carbonyl (C=O) groups is 2. The number of aliphatic hydroxyl groups excluding tert-OH is 1. The monoisotopic (exact) mass is 255 g/mol. The number of rotatable bonds is 3. The Hall–Kier alpha value is -1.10. The molecule has 1 aliphatic heterocycles. The molecule has 2 N–H and O–H groups in total.